The van der Waals surface area contributed by atoms with E-state index in [0.29, 0.717) is 27.4 Å². The van der Waals surface area contributed by atoms with E-state index in [1.54, 1.807) is 45.0 Å². The van der Waals surface area contributed by atoms with Gasteiger partial charge in [-0.2, -0.15) is 9.78 Å². The van der Waals surface area contributed by atoms with Gasteiger partial charge in [0, 0.05) is 16.6 Å². The molecule has 0 saturated carbocycles. The second-order valence-electron chi connectivity index (χ2n) is 8.65. The average molecular weight is 478 g/mol. The van der Waals surface area contributed by atoms with Crippen LogP contribution in [0.4, 0.5) is 16.2 Å². The number of esters is 1. The number of benzene rings is 3. The molecule has 4 rings (SSSR count). The fraction of sp³-hybridized carbons (Fsp3) is 0.192. The summed E-state index contributed by atoms with van der Waals surface area (Å²) < 4.78 is 11.7. The van der Waals surface area contributed by atoms with Crippen molar-refractivity contribution in [3.8, 4) is 11.3 Å². The standard InChI is InChI=1S/C26H24ClN3O4/c1-26(2,3)34-25(32)30-22-15-18(28-21-11-6-5-10-20(21)27)12-13-19(22)23(29-30)16-8-7-9-17(14-16)24(31)33-4/h5-15,28H,1-4H3. The van der Waals surface area contributed by atoms with Gasteiger partial charge in [-0.25, -0.2) is 9.59 Å². The van der Waals surface area contributed by atoms with Gasteiger partial charge < -0.3 is 14.8 Å². The molecule has 0 aliphatic carbocycles. The van der Waals surface area contributed by atoms with Crippen LogP contribution < -0.4 is 5.32 Å². The van der Waals surface area contributed by atoms with E-state index < -0.39 is 17.7 Å². The molecule has 8 heteroatoms. The number of methoxy groups -OCH3 is 1. The van der Waals surface area contributed by atoms with Gasteiger partial charge in [-0.15, -0.1) is 0 Å². The Hall–Kier alpha value is -3.84. The second kappa shape index (κ2) is 9.19. The Morgan fingerprint density at radius 2 is 1.76 bits per heavy atom. The SMILES string of the molecule is COC(=O)c1cccc(-c2nn(C(=O)OC(C)(C)C)c3cc(Nc4ccccc4Cl)ccc23)c1. The molecular weight excluding hydrogens is 454 g/mol. The lowest BCUT2D eigenvalue weighted by Gasteiger charge is -2.19. The third kappa shape index (κ3) is 4.89. The van der Waals surface area contributed by atoms with Gasteiger partial charge in [-0.3, -0.25) is 0 Å². The third-order valence-electron chi connectivity index (χ3n) is 4.96. The summed E-state index contributed by atoms with van der Waals surface area (Å²) in [6.07, 6.45) is -0.609. The summed E-state index contributed by atoms with van der Waals surface area (Å²) in [4.78, 5) is 25.1. The van der Waals surface area contributed by atoms with Gasteiger partial charge in [-0.05, 0) is 63.2 Å². The Morgan fingerprint density at radius 3 is 2.47 bits per heavy atom. The van der Waals surface area contributed by atoms with Gasteiger partial charge in [0.05, 0.1) is 28.9 Å². The molecule has 7 nitrogen and oxygen atoms in total. The number of fused-ring (bicyclic) bond motifs is 1. The summed E-state index contributed by atoms with van der Waals surface area (Å²) >= 11 is 6.29. The fourth-order valence-corrected chi connectivity index (χ4v) is 3.66. The van der Waals surface area contributed by atoms with Gasteiger partial charge in [0.25, 0.3) is 0 Å². The smallest absolute Gasteiger partial charge is 0.435 e. The number of aromatic nitrogens is 2. The van der Waals surface area contributed by atoms with Crippen LogP contribution in [0.25, 0.3) is 22.2 Å². The maximum atomic E-state index is 13.0. The molecule has 0 amide bonds. The van der Waals surface area contributed by atoms with Crippen molar-refractivity contribution in [2.75, 3.05) is 12.4 Å². The van der Waals surface area contributed by atoms with Crippen LogP contribution in [0.5, 0.6) is 0 Å². The molecule has 0 aliphatic rings. The van der Waals surface area contributed by atoms with Crippen LogP contribution >= 0.6 is 11.6 Å². The van der Waals surface area contributed by atoms with Crippen molar-refractivity contribution >= 4 is 45.9 Å². The monoisotopic (exact) mass is 477 g/mol. The van der Waals surface area contributed by atoms with Gasteiger partial charge in [0.1, 0.15) is 11.3 Å². The summed E-state index contributed by atoms with van der Waals surface area (Å²) in [7, 11) is 1.33. The van der Waals surface area contributed by atoms with Crippen LogP contribution in [0, 0.1) is 0 Å². The molecule has 0 unspecified atom stereocenters. The van der Waals surface area contributed by atoms with E-state index >= 15 is 0 Å². The van der Waals surface area contributed by atoms with Crippen LogP contribution in [0.15, 0.2) is 66.7 Å². The first-order valence-electron chi connectivity index (χ1n) is 10.6. The van der Waals surface area contributed by atoms with Crippen LogP contribution in [0.3, 0.4) is 0 Å². The zero-order chi connectivity index (χ0) is 24.5. The molecule has 0 fully saturated rings. The Balaban J connectivity index is 1.85. The minimum absolute atomic E-state index is 0.386. The molecule has 0 spiro atoms. The number of hydrogen-bond acceptors (Lipinski definition) is 6. The maximum Gasteiger partial charge on any atom is 0.435 e. The fourth-order valence-electron chi connectivity index (χ4n) is 3.48. The second-order valence-corrected chi connectivity index (χ2v) is 9.06. The van der Waals surface area contributed by atoms with Crippen LogP contribution in [-0.2, 0) is 9.47 Å². The van der Waals surface area contributed by atoms with Crippen molar-refractivity contribution < 1.29 is 19.1 Å². The van der Waals surface area contributed by atoms with E-state index in [1.165, 1.54) is 11.8 Å². The van der Waals surface area contributed by atoms with Crippen molar-refractivity contribution in [1.82, 2.24) is 9.78 Å². The number of halogens is 1. The molecule has 174 valence electrons. The molecule has 1 aromatic heterocycles. The van der Waals surface area contributed by atoms with Gasteiger partial charge in [0.15, 0.2) is 0 Å². The van der Waals surface area contributed by atoms with E-state index in [1.807, 2.05) is 42.5 Å². The van der Waals surface area contributed by atoms with E-state index in [9.17, 15) is 9.59 Å². The summed E-state index contributed by atoms with van der Waals surface area (Å²) in [6, 6.07) is 19.8. The highest BCUT2D eigenvalue weighted by molar-refractivity contribution is 6.33. The number of carbonyl (C=O) groups excluding carboxylic acids is 2. The number of carbonyl (C=O) groups is 2. The zero-order valence-corrected chi connectivity index (χ0v) is 20.0. The highest BCUT2D eigenvalue weighted by Gasteiger charge is 2.23. The molecule has 0 atom stereocenters. The molecule has 1 heterocycles. The number of hydrogen-bond donors (Lipinski definition) is 1. The lowest BCUT2D eigenvalue weighted by atomic mass is 10.0. The topological polar surface area (TPSA) is 82.5 Å². The van der Waals surface area contributed by atoms with E-state index in [-0.39, 0.29) is 0 Å². The number of nitrogens with zero attached hydrogens (tertiary/aromatic N) is 2. The minimum atomic E-state index is -0.701. The predicted octanol–water partition coefficient (Wildman–Crippen LogP) is 6.67. The minimum Gasteiger partial charge on any atom is -0.465 e. The average Bonchev–Trinajstić information content (AvgIpc) is 3.18. The first-order chi connectivity index (χ1) is 16.2. The van der Waals surface area contributed by atoms with Crippen molar-refractivity contribution in [3.63, 3.8) is 0 Å². The molecular formula is C26H24ClN3O4. The molecule has 1 N–H and O–H groups in total. The lowest BCUT2D eigenvalue weighted by molar-refractivity contribution is 0.0522. The number of rotatable bonds is 4. The summed E-state index contributed by atoms with van der Waals surface area (Å²) in [5.41, 5.74) is 2.89. The lowest BCUT2D eigenvalue weighted by Crippen LogP contribution is -2.27. The van der Waals surface area contributed by atoms with E-state index in [4.69, 9.17) is 21.1 Å². The number of ether oxygens (including phenoxy) is 2. The Kier molecular flexibility index (Phi) is 6.30. The number of nitrogens with one attached hydrogen (secondary N) is 1. The predicted molar refractivity (Wildman–Crippen MR) is 133 cm³/mol. The Labute approximate surface area is 202 Å². The quantitative estimate of drug-likeness (QED) is 0.330. The highest BCUT2D eigenvalue weighted by Crippen LogP contribution is 2.33. The molecule has 0 bridgehead atoms. The van der Waals surface area contributed by atoms with Crippen molar-refractivity contribution in [2.45, 2.75) is 26.4 Å². The van der Waals surface area contributed by atoms with E-state index in [0.717, 1.165) is 16.8 Å². The third-order valence-corrected chi connectivity index (χ3v) is 5.29. The van der Waals surface area contributed by atoms with E-state index in [2.05, 4.69) is 10.4 Å². The van der Waals surface area contributed by atoms with Crippen LogP contribution in [0.1, 0.15) is 31.1 Å². The Bertz CT molecular complexity index is 1390. The van der Waals surface area contributed by atoms with Crippen molar-refractivity contribution in [2.24, 2.45) is 0 Å². The Morgan fingerprint density at radius 1 is 1.00 bits per heavy atom. The van der Waals surface area contributed by atoms with Gasteiger partial charge >= 0.3 is 12.1 Å². The summed E-state index contributed by atoms with van der Waals surface area (Å²) in [5, 5.41) is 9.14. The van der Waals surface area contributed by atoms with Crippen molar-refractivity contribution in [1.29, 1.82) is 0 Å². The maximum absolute atomic E-state index is 13.0. The van der Waals surface area contributed by atoms with Gasteiger partial charge in [0.2, 0.25) is 0 Å². The molecule has 34 heavy (non-hydrogen) atoms. The van der Waals surface area contributed by atoms with Crippen LogP contribution in [0.2, 0.25) is 5.02 Å². The number of para-hydroxylation sites is 1. The van der Waals surface area contributed by atoms with Gasteiger partial charge in [-0.1, -0.05) is 35.9 Å². The molecule has 4 aromatic rings. The summed E-state index contributed by atoms with van der Waals surface area (Å²) in [6.45, 7) is 5.38. The zero-order valence-electron chi connectivity index (χ0n) is 19.3. The summed E-state index contributed by atoms with van der Waals surface area (Å²) in [5.74, 6) is -0.455. The number of anilines is 2. The normalized spacial score (nSPS) is 11.3. The molecule has 0 saturated heterocycles. The molecule has 0 radical (unpaired) electrons. The first kappa shape index (κ1) is 23.3. The first-order valence-corrected chi connectivity index (χ1v) is 11.0. The molecule has 0 aliphatic heterocycles. The highest BCUT2D eigenvalue weighted by atomic mass is 35.5. The van der Waals surface area contributed by atoms with Crippen LogP contribution in [-0.4, -0.2) is 34.6 Å². The molecule has 3 aromatic carbocycles. The van der Waals surface area contributed by atoms with Crippen molar-refractivity contribution in [3.05, 3.63) is 77.3 Å². The largest absolute Gasteiger partial charge is 0.465 e.